The number of nitrogens with two attached hydrogens (primary N) is 1. The van der Waals surface area contributed by atoms with E-state index in [-0.39, 0.29) is 16.7 Å². The van der Waals surface area contributed by atoms with Crippen molar-refractivity contribution in [1.29, 1.82) is 0 Å². The molecule has 0 spiro atoms. The lowest BCUT2D eigenvalue weighted by Crippen LogP contribution is -2.16. The second-order valence-electron chi connectivity index (χ2n) is 7.38. The zero-order valence-electron chi connectivity index (χ0n) is 17.0. The van der Waals surface area contributed by atoms with Crippen molar-refractivity contribution in [3.8, 4) is 28.1 Å². The van der Waals surface area contributed by atoms with Crippen molar-refractivity contribution >= 4 is 11.6 Å². The van der Waals surface area contributed by atoms with E-state index in [0.29, 0.717) is 17.0 Å². The Balaban J connectivity index is 1.66. The van der Waals surface area contributed by atoms with E-state index in [2.05, 4.69) is 10.1 Å². The second-order valence-corrected chi connectivity index (χ2v) is 7.38. The van der Waals surface area contributed by atoms with Gasteiger partial charge in [0.2, 0.25) is 5.91 Å². The summed E-state index contributed by atoms with van der Waals surface area (Å²) in [6.45, 7) is 0. The topological polar surface area (TPSA) is 78.2 Å². The van der Waals surface area contributed by atoms with E-state index in [4.69, 9.17) is 5.73 Å². The van der Waals surface area contributed by atoms with Gasteiger partial charge in [-0.3, -0.25) is 9.78 Å². The van der Waals surface area contributed by atoms with Crippen LogP contribution in [0.5, 0.6) is 0 Å². The molecule has 33 heavy (non-hydrogen) atoms. The number of nitrogens with zero attached hydrogens (tertiary/aromatic N) is 4. The smallest absolute Gasteiger partial charge is 0.366 e. The molecule has 164 valence electrons. The third-order valence-electron chi connectivity index (χ3n) is 5.33. The number of rotatable bonds is 4. The van der Waals surface area contributed by atoms with Gasteiger partial charge in [0, 0.05) is 53.2 Å². The van der Waals surface area contributed by atoms with Crippen LogP contribution in [0.1, 0.15) is 15.9 Å². The van der Waals surface area contributed by atoms with Gasteiger partial charge in [-0.1, -0.05) is 18.2 Å². The molecule has 0 bridgehead atoms. The monoisotopic (exact) mass is 447 g/mol. The Labute approximate surface area is 185 Å². The SMILES string of the molecule is NC(=O)c1cccc(C(F)(F)F)c1-c1cccc(-n2ccn3nc(-c4cccnc4)cc23)c1. The van der Waals surface area contributed by atoms with Gasteiger partial charge >= 0.3 is 6.18 Å². The molecule has 0 aliphatic rings. The molecule has 1 amide bonds. The summed E-state index contributed by atoms with van der Waals surface area (Å²) in [6, 6.07) is 15.5. The normalized spacial score (nSPS) is 11.7. The highest BCUT2D eigenvalue weighted by molar-refractivity contribution is 6.01. The lowest BCUT2D eigenvalue weighted by Gasteiger charge is -2.16. The average Bonchev–Trinajstić information content (AvgIpc) is 3.40. The number of imidazole rings is 1. The summed E-state index contributed by atoms with van der Waals surface area (Å²) in [5.74, 6) is -0.929. The fraction of sp³-hybridized carbons (Fsp3) is 0.0417. The minimum Gasteiger partial charge on any atom is -0.366 e. The average molecular weight is 447 g/mol. The highest BCUT2D eigenvalue weighted by atomic mass is 19.4. The predicted molar refractivity (Wildman–Crippen MR) is 117 cm³/mol. The molecule has 0 saturated heterocycles. The van der Waals surface area contributed by atoms with Crippen molar-refractivity contribution in [2.45, 2.75) is 6.18 Å². The lowest BCUT2D eigenvalue weighted by molar-refractivity contribution is -0.137. The first-order chi connectivity index (χ1) is 15.8. The summed E-state index contributed by atoms with van der Waals surface area (Å²) in [4.78, 5) is 16.0. The number of alkyl halides is 3. The first-order valence-electron chi connectivity index (χ1n) is 9.91. The molecule has 0 fully saturated rings. The van der Waals surface area contributed by atoms with Crippen LogP contribution in [0.15, 0.2) is 85.5 Å². The maximum absolute atomic E-state index is 13.7. The number of carbonyl (C=O) groups excluding carboxylic acids is 1. The van der Waals surface area contributed by atoms with Crippen LogP contribution in [0.4, 0.5) is 13.2 Å². The first kappa shape index (κ1) is 20.5. The number of hydrogen-bond donors (Lipinski definition) is 1. The third-order valence-corrected chi connectivity index (χ3v) is 5.33. The molecule has 3 aromatic heterocycles. The Morgan fingerprint density at radius 1 is 0.939 bits per heavy atom. The van der Waals surface area contributed by atoms with Crippen LogP contribution in [0.2, 0.25) is 0 Å². The van der Waals surface area contributed by atoms with Crippen LogP contribution in [0.25, 0.3) is 33.7 Å². The van der Waals surface area contributed by atoms with Crippen LogP contribution in [0.3, 0.4) is 0 Å². The number of halogens is 3. The molecule has 0 radical (unpaired) electrons. The van der Waals surface area contributed by atoms with Crippen molar-refractivity contribution < 1.29 is 18.0 Å². The molecule has 5 rings (SSSR count). The van der Waals surface area contributed by atoms with Crippen molar-refractivity contribution in [3.05, 3.63) is 96.6 Å². The van der Waals surface area contributed by atoms with E-state index >= 15 is 0 Å². The van der Waals surface area contributed by atoms with Gasteiger partial charge in [0.25, 0.3) is 0 Å². The Morgan fingerprint density at radius 3 is 2.45 bits per heavy atom. The fourth-order valence-corrected chi connectivity index (χ4v) is 3.87. The number of amides is 1. The summed E-state index contributed by atoms with van der Waals surface area (Å²) in [7, 11) is 0. The molecular weight excluding hydrogens is 431 g/mol. The Kier molecular flexibility index (Phi) is 4.74. The van der Waals surface area contributed by atoms with Crippen LogP contribution < -0.4 is 5.73 Å². The fourth-order valence-electron chi connectivity index (χ4n) is 3.87. The van der Waals surface area contributed by atoms with Gasteiger partial charge in [-0.25, -0.2) is 4.52 Å². The van der Waals surface area contributed by atoms with E-state index < -0.39 is 17.6 Å². The molecule has 0 unspecified atom stereocenters. The molecule has 6 nitrogen and oxygen atoms in total. The van der Waals surface area contributed by atoms with Gasteiger partial charge in [0.1, 0.15) is 5.65 Å². The van der Waals surface area contributed by atoms with Gasteiger partial charge in [-0.15, -0.1) is 0 Å². The van der Waals surface area contributed by atoms with Crippen molar-refractivity contribution in [3.63, 3.8) is 0 Å². The molecule has 2 aromatic carbocycles. The molecular formula is C24H16F3N5O. The predicted octanol–water partition coefficient (Wildman–Crippen LogP) is 4.97. The number of aromatic nitrogens is 4. The number of fused-ring (bicyclic) bond motifs is 1. The van der Waals surface area contributed by atoms with Gasteiger partial charge in [0.15, 0.2) is 0 Å². The maximum Gasteiger partial charge on any atom is 0.417 e. The van der Waals surface area contributed by atoms with Gasteiger partial charge in [-0.2, -0.15) is 18.3 Å². The number of carbonyl (C=O) groups is 1. The number of hydrogen-bond acceptors (Lipinski definition) is 3. The standard InChI is InChI=1S/C24H16F3N5O/c25-24(26,27)19-8-2-7-18(23(28)33)22(19)15-4-1-6-17(12-15)31-10-11-32-21(31)13-20(30-32)16-5-3-9-29-14-16/h1-14H,(H2,28,33). The number of pyridine rings is 1. The number of benzene rings is 2. The minimum absolute atomic E-state index is 0.192. The minimum atomic E-state index is -4.65. The zero-order chi connectivity index (χ0) is 23.2. The Bertz CT molecular complexity index is 1490. The largest absolute Gasteiger partial charge is 0.417 e. The summed E-state index contributed by atoms with van der Waals surface area (Å²) < 4.78 is 44.7. The highest BCUT2D eigenvalue weighted by Crippen LogP contribution is 2.39. The maximum atomic E-state index is 13.7. The van der Waals surface area contributed by atoms with Gasteiger partial charge in [-0.05, 0) is 42.0 Å². The molecule has 0 atom stereocenters. The van der Waals surface area contributed by atoms with E-state index in [1.54, 1.807) is 52.1 Å². The van der Waals surface area contributed by atoms with E-state index in [1.807, 2.05) is 18.2 Å². The molecule has 3 heterocycles. The van der Waals surface area contributed by atoms with E-state index in [0.717, 1.165) is 11.6 Å². The van der Waals surface area contributed by atoms with E-state index in [9.17, 15) is 18.0 Å². The van der Waals surface area contributed by atoms with Gasteiger partial charge in [0.05, 0.1) is 11.3 Å². The number of primary amides is 1. The molecule has 9 heteroatoms. The van der Waals surface area contributed by atoms with E-state index in [1.165, 1.54) is 18.2 Å². The third kappa shape index (κ3) is 3.63. The first-order valence-corrected chi connectivity index (χ1v) is 9.91. The Morgan fingerprint density at radius 2 is 1.73 bits per heavy atom. The van der Waals surface area contributed by atoms with Gasteiger partial charge < -0.3 is 10.3 Å². The molecule has 0 saturated carbocycles. The lowest BCUT2D eigenvalue weighted by atomic mass is 9.93. The van der Waals surface area contributed by atoms with Crippen molar-refractivity contribution in [2.75, 3.05) is 0 Å². The molecule has 0 aliphatic heterocycles. The molecule has 0 aliphatic carbocycles. The quantitative estimate of drug-likeness (QED) is 0.423. The zero-order valence-corrected chi connectivity index (χ0v) is 17.0. The van der Waals surface area contributed by atoms with Crippen LogP contribution >= 0.6 is 0 Å². The van der Waals surface area contributed by atoms with Crippen LogP contribution in [-0.4, -0.2) is 25.1 Å². The molecule has 2 N–H and O–H groups in total. The summed E-state index contributed by atoms with van der Waals surface area (Å²) in [5.41, 5.74) is 7.14. The summed E-state index contributed by atoms with van der Waals surface area (Å²) in [6.07, 6.45) is 2.23. The van der Waals surface area contributed by atoms with Crippen LogP contribution in [0, 0.1) is 0 Å². The van der Waals surface area contributed by atoms with Crippen LogP contribution in [-0.2, 0) is 6.18 Å². The molecule has 5 aromatic rings. The second kappa shape index (κ2) is 7.63. The Hall–Kier alpha value is -4.40. The summed E-state index contributed by atoms with van der Waals surface area (Å²) in [5, 5.41) is 4.54. The summed E-state index contributed by atoms with van der Waals surface area (Å²) >= 11 is 0. The van der Waals surface area contributed by atoms with Crippen molar-refractivity contribution in [2.24, 2.45) is 5.73 Å². The highest BCUT2D eigenvalue weighted by Gasteiger charge is 2.35. The van der Waals surface area contributed by atoms with Crippen molar-refractivity contribution in [1.82, 2.24) is 19.2 Å².